The molecule has 0 aliphatic heterocycles. The smallest absolute Gasteiger partial charge is 0.220 e. The van der Waals surface area contributed by atoms with Crippen molar-refractivity contribution in [2.45, 2.75) is 64.0 Å². The first-order valence-corrected chi connectivity index (χ1v) is 13.5. The van der Waals surface area contributed by atoms with E-state index in [1.807, 2.05) is 19.2 Å². The summed E-state index contributed by atoms with van der Waals surface area (Å²) >= 11 is 0. The first kappa shape index (κ1) is 26.2. The Morgan fingerprint density at radius 1 is 1.18 bits per heavy atom. The normalized spacial score (nSPS) is 17.8. The van der Waals surface area contributed by atoms with E-state index >= 15 is 0 Å². The number of nitrogens with one attached hydrogen (secondary N) is 2. The summed E-state index contributed by atoms with van der Waals surface area (Å²) in [6.45, 7) is 4.53. The topological polar surface area (TPSA) is 107 Å². The minimum atomic E-state index is -0.399. The second-order valence-corrected chi connectivity index (χ2v) is 9.80. The van der Waals surface area contributed by atoms with E-state index in [2.05, 4.69) is 31.0 Å². The monoisotopic (exact) mass is 522 g/mol. The maximum absolute atomic E-state index is 13.8. The molecule has 0 spiro atoms. The highest BCUT2D eigenvalue weighted by Crippen LogP contribution is 2.33. The molecule has 0 saturated heterocycles. The highest BCUT2D eigenvalue weighted by atomic mass is 19.1. The number of ether oxygens (including phenoxy) is 2. The van der Waals surface area contributed by atoms with Crippen molar-refractivity contribution >= 4 is 28.0 Å². The molecular weight excluding hydrogens is 487 g/mol. The van der Waals surface area contributed by atoms with E-state index in [4.69, 9.17) is 14.5 Å². The van der Waals surface area contributed by atoms with Crippen LogP contribution in [0.25, 0.3) is 33.5 Å². The second kappa shape index (κ2) is 12.4. The Bertz CT molecular complexity index is 1370. The fraction of sp³-hybridized carbons (Fsp3) is 0.500. The third kappa shape index (κ3) is 6.19. The summed E-state index contributed by atoms with van der Waals surface area (Å²) in [4.78, 5) is 29.2. The molecule has 1 amide bonds. The summed E-state index contributed by atoms with van der Waals surface area (Å²) in [6, 6.07) is 3.85. The number of hydrogen-bond donors (Lipinski definition) is 2. The number of carbonyl (C=O) groups excluding carboxylic acids is 1. The van der Waals surface area contributed by atoms with Crippen molar-refractivity contribution in [1.82, 2.24) is 29.8 Å². The van der Waals surface area contributed by atoms with Crippen molar-refractivity contribution < 1.29 is 18.7 Å². The maximum atomic E-state index is 13.8. The molecule has 1 aliphatic carbocycles. The first-order chi connectivity index (χ1) is 18.6. The largest absolute Gasteiger partial charge is 0.379 e. The van der Waals surface area contributed by atoms with Gasteiger partial charge in [-0.1, -0.05) is 0 Å². The van der Waals surface area contributed by atoms with Gasteiger partial charge in [0.1, 0.15) is 17.1 Å². The molecule has 4 heterocycles. The van der Waals surface area contributed by atoms with Crippen LogP contribution in [0.5, 0.6) is 0 Å². The van der Waals surface area contributed by atoms with E-state index in [9.17, 15) is 9.18 Å². The average molecular weight is 523 g/mol. The molecule has 0 aromatic carbocycles. The Balaban J connectivity index is 1.20. The Morgan fingerprint density at radius 3 is 2.97 bits per heavy atom. The zero-order chi connectivity index (χ0) is 26.3. The van der Waals surface area contributed by atoms with E-state index < -0.39 is 5.82 Å². The van der Waals surface area contributed by atoms with Gasteiger partial charge in [-0.05, 0) is 57.6 Å². The number of halogens is 1. The van der Waals surface area contributed by atoms with Crippen LogP contribution in [0.15, 0.2) is 36.9 Å². The van der Waals surface area contributed by atoms with Crippen molar-refractivity contribution in [2.24, 2.45) is 0 Å². The summed E-state index contributed by atoms with van der Waals surface area (Å²) in [7, 11) is 0. The zero-order valence-electron chi connectivity index (χ0n) is 21.8. The highest BCUT2D eigenvalue weighted by Gasteiger charge is 2.26. The van der Waals surface area contributed by atoms with E-state index in [-0.39, 0.29) is 18.0 Å². The number of pyridine rings is 1. The minimum absolute atomic E-state index is 0.104. The van der Waals surface area contributed by atoms with Crippen LogP contribution in [0.4, 0.5) is 4.39 Å². The first-order valence-electron chi connectivity index (χ1n) is 13.5. The second-order valence-electron chi connectivity index (χ2n) is 9.80. The van der Waals surface area contributed by atoms with Crippen LogP contribution < -0.4 is 5.32 Å². The number of rotatable bonds is 12. The maximum Gasteiger partial charge on any atom is 0.220 e. The molecule has 5 rings (SSSR count). The SMILES string of the molecule is CCOCCOCCCCC(=O)N[C@H]1CCCC(n2ccc3cnc(-c4c[nH]c5ncc(F)cc45)nc32)C1. The van der Waals surface area contributed by atoms with Crippen molar-refractivity contribution in [3.8, 4) is 11.4 Å². The van der Waals surface area contributed by atoms with Gasteiger partial charge < -0.3 is 24.3 Å². The summed E-state index contributed by atoms with van der Waals surface area (Å²) in [5, 5.41) is 4.85. The van der Waals surface area contributed by atoms with E-state index in [1.54, 1.807) is 6.20 Å². The van der Waals surface area contributed by atoms with Gasteiger partial charge in [0.15, 0.2) is 5.82 Å². The number of carbonyl (C=O) groups is 1. The molecule has 202 valence electrons. The number of hydrogen-bond acceptors (Lipinski definition) is 6. The van der Waals surface area contributed by atoms with Gasteiger partial charge in [0.25, 0.3) is 0 Å². The predicted molar refractivity (Wildman–Crippen MR) is 143 cm³/mol. The molecule has 4 aromatic rings. The summed E-state index contributed by atoms with van der Waals surface area (Å²) < 4.78 is 26.8. The van der Waals surface area contributed by atoms with Crippen LogP contribution in [0.1, 0.15) is 57.9 Å². The molecule has 1 saturated carbocycles. The Hall–Kier alpha value is -3.37. The number of nitrogens with zero attached hydrogens (tertiary/aromatic N) is 4. The van der Waals surface area contributed by atoms with Crippen LogP contribution in [-0.2, 0) is 14.3 Å². The summed E-state index contributed by atoms with van der Waals surface area (Å²) in [5.41, 5.74) is 2.16. The van der Waals surface area contributed by atoms with E-state index in [1.165, 1.54) is 12.3 Å². The lowest BCUT2D eigenvalue weighted by Gasteiger charge is -2.31. The quantitative estimate of drug-likeness (QED) is 0.255. The van der Waals surface area contributed by atoms with Crippen molar-refractivity contribution in [2.75, 3.05) is 26.4 Å². The molecular formula is C28H35FN6O3. The molecule has 2 atom stereocenters. The van der Waals surface area contributed by atoms with Gasteiger partial charge in [0.05, 0.1) is 19.4 Å². The molecule has 1 aliphatic rings. The van der Waals surface area contributed by atoms with Gasteiger partial charge in [-0.25, -0.2) is 19.3 Å². The fourth-order valence-corrected chi connectivity index (χ4v) is 5.23. The molecule has 38 heavy (non-hydrogen) atoms. The van der Waals surface area contributed by atoms with Gasteiger partial charge in [0, 0.05) is 66.6 Å². The molecule has 0 radical (unpaired) electrons. The molecule has 2 N–H and O–H groups in total. The predicted octanol–water partition coefficient (Wildman–Crippen LogP) is 4.94. The van der Waals surface area contributed by atoms with Crippen LogP contribution in [0.3, 0.4) is 0 Å². The molecule has 9 nitrogen and oxygen atoms in total. The zero-order valence-corrected chi connectivity index (χ0v) is 21.8. The van der Waals surface area contributed by atoms with Crippen LogP contribution in [0.2, 0.25) is 0 Å². The lowest BCUT2D eigenvalue weighted by atomic mass is 9.90. The van der Waals surface area contributed by atoms with E-state index in [0.29, 0.717) is 49.7 Å². The molecule has 1 unspecified atom stereocenters. The number of aromatic amines is 1. The Kier molecular flexibility index (Phi) is 8.60. The molecule has 1 fully saturated rings. The minimum Gasteiger partial charge on any atom is -0.379 e. The van der Waals surface area contributed by atoms with E-state index in [0.717, 1.165) is 55.1 Å². The van der Waals surface area contributed by atoms with Crippen LogP contribution in [0, 0.1) is 5.82 Å². The van der Waals surface area contributed by atoms with Crippen LogP contribution in [-0.4, -0.2) is 62.9 Å². The summed E-state index contributed by atoms with van der Waals surface area (Å²) in [6.07, 6.45) is 12.9. The number of fused-ring (bicyclic) bond motifs is 2. The number of aromatic nitrogens is 5. The van der Waals surface area contributed by atoms with Gasteiger partial charge in [-0.3, -0.25) is 4.79 Å². The standard InChI is InChI=1S/C28H35FN6O3/c1-2-37-12-13-38-11-4-3-8-25(36)33-21-6-5-7-22(15-21)35-10-9-19-16-30-27(34-28(19)35)24-18-32-26-23(24)14-20(29)17-31-26/h9-10,14,16-18,21-22H,2-8,11-13,15H2,1H3,(H,31,32)(H,33,36)/t21-,22?/m0/s1. The Morgan fingerprint density at radius 2 is 2.08 bits per heavy atom. The fourth-order valence-electron chi connectivity index (χ4n) is 5.23. The van der Waals surface area contributed by atoms with Gasteiger partial charge >= 0.3 is 0 Å². The van der Waals surface area contributed by atoms with Gasteiger partial charge in [-0.15, -0.1) is 0 Å². The number of H-pyrrole nitrogens is 1. The third-order valence-electron chi connectivity index (χ3n) is 7.12. The highest BCUT2D eigenvalue weighted by molar-refractivity contribution is 5.92. The molecule has 4 aromatic heterocycles. The van der Waals surface area contributed by atoms with Crippen molar-refractivity contribution in [3.63, 3.8) is 0 Å². The van der Waals surface area contributed by atoms with Gasteiger partial charge in [0.2, 0.25) is 5.91 Å². The lowest BCUT2D eigenvalue weighted by molar-refractivity contribution is -0.122. The lowest BCUT2D eigenvalue weighted by Crippen LogP contribution is -2.38. The third-order valence-corrected chi connectivity index (χ3v) is 7.12. The average Bonchev–Trinajstić information content (AvgIpc) is 3.54. The summed E-state index contributed by atoms with van der Waals surface area (Å²) in [5.74, 6) is 0.231. The van der Waals surface area contributed by atoms with Crippen molar-refractivity contribution in [1.29, 1.82) is 0 Å². The van der Waals surface area contributed by atoms with Crippen LogP contribution >= 0.6 is 0 Å². The van der Waals surface area contributed by atoms with Gasteiger partial charge in [-0.2, -0.15) is 0 Å². The molecule has 0 bridgehead atoms. The Labute approximate surface area is 221 Å². The number of unbranched alkanes of at least 4 members (excludes halogenated alkanes) is 1. The molecule has 10 heteroatoms. The number of amides is 1. The van der Waals surface area contributed by atoms with Crippen molar-refractivity contribution in [3.05, 3.63) is 42.7 Å².